The summed E-state index contributed by atoms with van der Waals surface area (Å²) < 4.78 is 5.59. The Hall–Kier alpha value is -0.450. The molecule has 0 aromatic rings. The zero-order chi connectivity index (χ0) is 20.5. The summed E-state index contributed by atoms with van der Waals surface area (Å²) in [7, 11) is 0. The summed E-state index contributed by atoms with van der Waals surface area (Å²) in [6.45, 7) is 6.69. The number of nitrogens with zero attached hydrogens (tertiary/aromatic N) is 1. The van der Waals surface area contributed by atoms with Gasteiger partial charge in [-0.25, -0.2) is 0 Å². The molecule has 168 valence electrons. The van der Waals surface area contributed by atoms with Crippen LogP contribution in [-0.4, -0.2) is 54.2 Å². The van der Waals surface area contributed by atoms with E-state index in [9.17, 15) is 9.90 Å². The highest BCUT2D eigenvalue weighted by molar-refractivity contribution is 5.84. The van der Waals surface area contributed by atoms with Crippen molar-refractivity contribution < 1.29 is 14.6 Å². The Morgan fingerprint density at radius 1 is 0.933 bits per heavy atom. The number of hydrogen-bond donors (Lipinski definition) is 1. The van der Waals surface area contributed by atoms with Crippen LogP contribution >= 0.6 is 0 Å². The third-order valence-electron chi connectivity index (χ3n) is 11.0. The molecule has 6 fully saturated rings. The van der Waals surface area contributed by atoms with E-state index in [0.29, 0.717) is 18.2 Å². The summed E-state index contributed by atoms with van der Waals surface area (Å²) in [6, 6.07) is 0. The molecule has 4 heteroatoms. The number of rotatable bonds is 3. The molecule has 1 unspecified atom stereocenters. The smallest absolute Gasteiger partial charge is 0.150 e. The van der Waals surface area contributed by atoms with E-state index in [-0.39, 0.29) is 16.9 Å². The summed E-state index contributed by atoms with van der Waals surface area (Å²) in [5, 5.41) is 10.7. The molecule has 0 aromatic heterocycles. The molecule has 5 saturated carbocycles. The highest BCUT2D eigenvalue weighted by Gasteiger charge is 2.65. The minimum Gasteiger partial charge on any atom is -0.390 e. The Bertz CT molecular complexity index is 688. The van der Waals surface area contributed by atoms with Gasteiger partial charge in [0.2, 0.25) is 0 Å². The SMILES string of the molecule is C[C@]12CC[C@@H]3[C@H]4CC[C@]5(O)CC5[C@H]4CC[C@H]3[C@@H]1CC[C@@H]2C(=O)CN1CCCOCC1. The van der Waals surface area contributed by atoms with Gasteiger partial charge in [-0.2, -0.15) is 0 Å². The van der Waals surface area contributed by atoms with Crippen molar-refractivity contribution in [3.05, 3.63) is 0 Å². The van der Waals surface area contributed by atoms with Crippen LogP contribution in [0.1, 0.15) is 71.1 Å². The van der Waals surface area contributed by atoms with Crippen LogP contribution in [0.2, 0.25) is 0 Å². The van der Waals surface area contributed by atoms with Gasteiger partial charge in [0, 0.05) is 25.6 Å². The molecule has 0 radical (unpaired) electrons. The first-order valence-corrected chi connectivity index (χ1v) is 13.0. The van der Waals surface area contributed by atoms with Crippen LogP contribution in [0.4, 0.5) is 0 Å². The number of ether oxygens (including phenoxy) is 1. The predicted molar refractivity (Wildman–Crippen MR) is 116 cm³/mol. The van der Waals surface area contributed by atoms with Crippen molar-refractivity contribution in [2.75, 3.05) is 32.8 Å². The molecule has 30 heavy (non-hydrogen) atoms. The topological polar surface area (TPSA) is 49.8 Å². The number of ketones is 1. The molecule has 0 spiro atoms. The summed E-state index contributed by atoms with van der Waals surface area (Å²) in [4.78, 5) is 15.8. The van der Waals surface area contributed by atoms with E-state index in [1.165, 1.54) is 38.5 Å². The number of fused-ring (bicyclic) bond motifs is 7. The number of aliphatic hydroxyl groups is 1. The lowest BCUT2D eigenvalue weighted by Gasteiger charge is -2.56. The Balaban J connectivity index is 1.15. The Morgan fingerprint density at radius 3 is 2.53 bits per heavy atom. The molecule has 1 aliphatic heterocycles. The molecule has 0 aromatic carbocycles. The van der Waals surface area contributed by atoms with Gasteiger partial charge in [0.15, 0.2) is 0 Å². The van der Waals surface area contributed by atoms with Crippen molar-refractivity contribution in [2.24, 2.45) is 46.8 Å². The highest BCUT2D eigenvalue weighted by atomic mass is 16.5. The molecule has 6 rings (SSSR count). The summed E-state index contributed by atoms with van der Waals surface area (Å²) in [6.07, 6.45) is 12.2. The minimum atomic E-state index is -0.263. The van der Waals surface area contributed by atoms with Crippen molar-refractivity contribution in [1.29, 1.82) is 0 Å². The third kappa shape index (κ3) is 3.07. The lowest BCUT2D eigenvalue weighted by Crippen LogP contribution is -2.50. The fraction of sp³-hybridized carbons (Fsp3) is 0.962. The second-order valence-electron chi connectivity index (χ2n) is 12.2. The van der Waals surface area contributed by atoms with E-state index in [2.05, 4.69) is 11.8 Å². The summed E-state index contributed by atoms with van der Waals surface area (Å²) in [5.74, 6) is 5.59. The molecule has 1 heterocycles. The number of Topliss-reactive ketones (excluding diaryl/α,β-unsaturated/α-hetero) is 1. The lowest BCUT2D eigenvalue weighted by molar-refractivity contribution is -0.132. The molecule has 4 nitrogen and oxygen atoms in total. The second-order valence-corrected chi connectivity index (χ2v) is 12.2. The average molecular weight is 416 g/mol. The molecule has 1 saturated heterocycles. The first-order valence-electron chi connectivity index (χ1n) is 13.0. The van der Waals surface area contributed by atoms with E-state index in [4.69, 9.17) is 4.74 Å². The van der Waals surface area contributed by atoms with Gasteiger partial charge in [0.05, 0.1) is 18.8 Å². The molecular weight excluding hydrogens is 374 g/mol. The van der Waals surface area contributed by atoms with Crippen LogP contribution in [0.25, 0.3) is 0 Å². The van der Waals surface area contributed by atoms with E-state index >= 15 is 0 Å². The van der Waals surface area contributed by atoms with Crippen LogP contribution in [0.5, 0.6) is 0 Å². The largest absolute Gasteiger partial charge is 0.390 e. The molecular formula is C26H41NO3. The van der Waals surface area contributed by atoms with Crippen LogP contribution in [0.3, 0.4) is 0 Å². The quantitative estimate of drug-likeness (QED) is 0.759. The van der Waals surface area contributed by atoms with Gasteiger partial charge in [-0.15, -0.1) is 0 Å². The maximum Gasteiger partial charge on any atom is 0.150 e. The Labute approximate surface area is 182 Å². The Kier molecular flexibility index (Phi) is 4.90. The van der Waals surface area contributed by atoms with E-state index < -0.39 is 0 Å². The zero-order valence-corrected chi connectivity index (χ0v) is 18.9. The number of carbonyl (C=O) groups excluding carboxylic acids is 1. The first-order chi connectivity index (χ1) is 14.5. The second kappa shape index (κ2) is 7.28. The van der Waals surface area contributed by atoms with E-state index in [1.54, 1.807) is 0 Å². The molecule has 0 bridgehead atoms. The molecule has 9 atom stereocenters. The molecule has 5 aliphatic carbocycles. The van der Waals surface area contributed by atoms with Crippen LogP contribution < -0.4 is 0 Å². The maximum absolute atomic E-state index is 13.4. The maximum atomic E-state index is 13.4. The minimum absolute atomic E-state index is 0.239. The van der Waals surface area contributed by atoms with Crippen molar-refractivity contribution in [2.45, 2.75) is 76.7 Å². The van der Waals surface area contributed by atoms with E-state index in [1.807, 2.05) is 0 Å². The van der Waals surface area contributed by atoms with Gasteiger partial charge < -0.3 is 9.84 Å². The lowest BCUT2D eigenvalue weighted by atomic mass is 9.49. The van der Waals surface area contributed by atoms with Crippen molar-refractivity contribution in [1.82, 2.24) is 4.90 Å². The first kappa shape index (κ1) is 20.2. The zero-order valence-electron chi connectivity index (χ0n) is 18.9. The van der Waals surface area contributed by atoms with Gasteiger partial charge in [-0.05, 0) is 105 Å². The highest BCUT2D eigenvalue weighted by Crippen LogP contribution is 2.68. The average Bonchev–Trinajstić information content (AvgIpc) is 3.39. The molecule has 1 N–H and O–H groups in total. The number of carbonyl (C=O) groups is 1. The van der Waals surface area contributed by atoms with Crippen LogP contribution in [-0.2, 0) is 9.53 Å². The summed E-state index contributed by atoms with van der Waals surface area (Å²) >= 11 is 0. The van der Waals surface area contributed by atoms with Gasteiger partial charge in [0.25, 0.3) is 0 Å². The van der Waals surface area contributed by atoms with Gasteiger partial charge in [-0.3, -0.25) is 9.69 Å². The van der Waals surface area contributed by atoms with Crippen molar-refractivity contribution >= 4 is 5.78 Å². The van der Waals surface area contributed by atoms with Crippen molar-refractivity contribution in [3.8, 4) is 0 Å². The fourth-order valence-corrected chi connectivity index (χ4v) is 9.50. The monoisotopic (exact) mass is 415 g/mol. The van der Waals surface area contributed by atoms with Crippen molar-refractivity contribution in [3.63, 3.8) is 0 Å². The van der Waals surface area contributed by atoms with Gasteiger partial charge in [0.1, 0.15) is 5.78 Å². The fourth-order valence-electron chi connectivity index (χ4n) is 9.50. The third-order valence-corrected chi connectivity index (χ3v) is 11.0. The van der Waals surface area contributed by atoms with Crippen LogP contribution in [0, 0.1) is 46.8 Å². The normalized spacial score (nSPS) is 53.1. The van der Waals surface area contributed by atoms with Gasteiger partial charge >= 0.3 is 0 Å². The number of hydrogen-bond acceptors (Lipinski definition) is 4. The Morgan fingerprint density at radius 2 is 1.70 bits per heavy atom. The molecule has 0 amide bonds. The van der Waals surface area contributed by atoms with Crippen LogP contribution in [0.15, 0.2) is 0 Å². The standard InChI is InChI=1S/C26H41NO3/c1-25-9-7-17-18-8-10-26(29)15-23(26)20(18)4-3-19(17)21(25)5-6-22(25)24(28)16-27-11-2-13-30-14-12-27/h17-23,29H,2-16H2,1H3/t17-,18-,19-,20+,21+,22-,23?,25+,26+/m1/s1. The summed E-state index contributed by atoms with van der Waals surface area (Å²) in [5.41, 5.74) is -0.0250. The van der Waals surface area contributed by atoms with Gasteiger partial charge in [-0.1, -0.05) is 6.92 Å². The predicted octanol–water partition coefficient (Wildman–Crippen LogP) is 3.91. The molecule has 6 aliphatic rings. The van der Waals surface area contributed by atoms with E-state index in [0.717, 1.165) is 81.6 Å².